The molecule has 1 aliphatic heterocycles. The van der Waals surface area contributed by atoms with Crippen molar-refractivity contribution in [2.75, 3.05) is 5.75 Å². The summed E-state index contributed by atoms with van der Waals surface area (Å²) in [6, 6.07) is 0. The lowest BCUT2D eigenvalue weighted by atomic mass is 10.3. The van der Waals surface area contributed by atoms with Crippen LogP contribution in [-0.2, 0) is 23.9 Å². The molecule has 0 aliphatic carbocycles. The molecule has 8 heteroatoms. The van der Waals surface area contributed by atoms with E-state index >= 15 is 0 Å². The first-order valence-electron chi connectivity index (χ1n) is 3.81. The van der Waals surface area contributed by atoms with Crippen LogP contribution in [0.25, 0.3) is 0 Å². The van der Waals surface area contributed by atoms with Crippen LogP contribution in [0.15, 0.2) is 0 Å². The van der Waals surface area contributed by atoms with Crippen molar-refractivity contribution in [2.24, 2.45) is 0 Å². The molecule has 0 spiro atoms. The van der Waals surface area contributed by atoms with Gasteiger partial charge in [0, 0.05) is 11.8 Å². The first-order valence-corrected chi connectivity index (χ1v) is 5.72. The van der Waals surface area contributed by atoms with Crippen molar-refractivity contribution in [3.05, 3.63) is 0 Å². The topological polar surface area (TPSA) is 80.8 Å². The van der Waals surface area contributed by atoms with E-state index in [1.807, 2.05) is 0 Å². The first kappa shape index (κ1) is 11.4. The number of carbonyl (C=O) groups excluding carboxylic acids is 2. The zero-order valence-corrected chi connectivity index (χ0v) is 8.84. The van der Waals surface area contributed by atoms with Crippen molar-refractivity contribution in [1.29, 1.82) is 0 Å². The van der Waals surface area contributed by atoms with Crippen LogP contribution in [-0.4, -0.2) is 36.5 Å². The third-order valence-electron chi connectivity index (χ3n) is 1.66. The Morgan fingerprint density at radius 2 is 2.14 bits per heavy atom. The van der Waals surface area contributed by atoms with Gasteiger partial charge in [0.15, 0.2) is 6.10 Å². The summed E-state index contributed by atoms with van der Waals surface area (Å²) in [6.45, 7) is 1.37. The number of hydrogen-bond donors (Lipinski definition) is 0. The quantitative estimate of drug-likeness (QED) is 0.383. The van der Waals surface area contributed by atoms with E-state index in [-0.39, 0.29) is 12.2 Å². The predicted octanol–water partition coefficient (Wildman–Crippen LogP) is -0.366. The SMILES string of the molecule is CCS(=O)(=O)OC1CC(=O)N(Cl)C1=O. The maximum atomic E-state index is 11.1. The van der Waals surface area contributed by atoms with Crippen LogP contribution in [0.3, 0.4) is 0 Å². The summed E-state index contributed by atoms with van der Waals surface area (Å²) < 4.78 is 26.8. The maximum Gasteiger partial charge on any atom is 0.275 e. The molecule has 1 saturated heterocycles. The van der Waals surface area contributed by atoms with Crippen LogP contribution in [0.5, 0.6) is 0 Å². The molecule has 0 saturated carbocycles. The second-order valence-corrected chi connectivity index (χ2v) is 4.87. The fourth-order valence-electron chi connectivity index (χ4n) is 0.896. The summed E-state index contributed by atoms with van der Waals surface area (Å²) in [4.78, 5) is 22.0. The molecule has 1 unspecified atom stereocenters. The summed E-state index contributed by atoms with van der Waals surface area (Å²) in [6.07, 6.45) is -1.63. The van der Waals surface area contributed by atoms with Gasteiger partial charge in [0.2, 0.25) is 5.91 Å². The highest BCUT2D eigenvalue weighted by Gasteiger charge is 2.41. The molecule has 0 aromatic rings. The minimum atomic E-state index is -3.74. The number of nitrogens with zero attached hydrogens (tertiary/aromatic N) is 1. The van der Waals surface area contributed by atoms with E-state index in [0.717, 1.165) is 0 Å². The van der Waals surface area contributed by atoms with Gasteiger partial charge in [-0.15, -0.1) is 0 Å². The van der Waals surface area contributed by atoms with Gasteiger partial charge in [0.1, 0.15) is 0 Å². The molecule has 14 heavy (non-hydrogen) atoms. The molecular formula is C6H8ClNO5S. The lowest BCUT2D eigenvalue weighted by Crippen LogP contribution is -2.27. The molecule has 0 bridgehead atoms. The summed E-state index contributed by atoms with van der Waals surface area (Å²) >= 11 is 5.24. The Labute approximate surface area is 86.0 Å². The molecule has 1 atom stereocenters. The van der Waals surface area contributed by atoms with Gasteiger partial charge in [-0.2, -0.15) is 12.8 Å². The van der Waals surface area contributed by atoms with Crippen molar-refractivity contribution in [3.63, 3.8) is 0 Å². The van der Waals surface area contributed by atoms with Crippen LogP contribution < -0.4 is 0 Å². The number of rotatable bonds is 3. The molecule has 0 aromatic carbocycles. The second kappa shape index (κ2) is 3.84. The second-order valence-electron chi connectivity index (χ2n) is 2.65. The molecule has 0 radical (unpaired) electrons. The number of imide groups is 1. The van der Waals surface area contributed by atoms with Crippen molar-refractivity contribution in [2.45, 2.75) is 19.4 Å². The van der Waals surface area contributed by atoms with Gasteiger partial charge < -0.3 is 0 Å². The molecule has 1 rings (SSSR count). The third-order valence-corrected chi connectivity index (χ3v) is 3.25. The Hall–Kier alpha value is -0.660. The van der Waals surface area contributed by atoms with E-state index in [9.17, 15) is 18.0 Å². The standard InChI is InChI=1S/C6H8ClNO5S/c1-2-14(11,12)13-4-3-5(9)8(7)6(4)10/h4H,2-3H2,1H3. The highest BCUT2D eigenvalue weighted by Crippen LogP contribution is 2.19. The van der Waals surface area contributed by atoms with Gasteiger partial charge in [0.05, 0.1) is 12.2 Å². The maximum absolute atomic E-state index is 11.1. The molecule has 0 N–H and O–H groups in total. The third kappa shape index (κ3) is 2.23. The van der Waals surface area contributed by atoms with Gasteiger partial charge in [-0.3, -0.25) is 13.8 Å². The summed E-state index contributed by atoms with van der Waals surface area (Å²) in [5.41, 5.74) is 0. The summed E-state index contributed by atoms with van der Waals surface area (Å²) in [7, 11) is -3.74. The normalized spacial score (nSPS) is 23.3. The number of hydrogen-bond acceptors (Lipinski definition) is 5. The smallest absolute Gasteiger partial charge is 0.273 e. The molecular weight excluding hydrogens is 234 g/mol. The fourth-order valence-corrected chi connectivity index (χ4v) is 1.71. The van der Waals surface area contributed by atoms with E-state index in [1.165, 1.54) is 6.92 Å². The Bertz CT molecular complexity index is 364. The summed E-state index contributed by atoms with van der Waals surface area (Å²) in [5, 5.41) is 0. The van der Waals surface area contributed by atoms with Gasteiger partial charge in [0.25, 0.3) is 16.0 Å². The Morgan fingerprint density at radius 1 is 1.57 bits per heavy atom. The van der Waals surface area contributed by atoms with E-state index in [2.05, 4.69) is 4.18 Å². The molecule has 1 aliphatic rings. The van der Waals surface area contributed by atoms with Crippen molar-refractivity contribution in [1.82, 2.24) is 4.42 Å². The van der Waals surface area contributed by atoms with Gasteiger partial charge >= 0.3 is 0 Å². The molecule has 2 amide bonds. The minimum Gasteiger partial charge on any atom is -0.273 e. The lowest BCUT2D eigenvalue weighted by molar-refractivity contribution is -0.134. The predicted molar refractivity (Wildman–Crippen MR) is 46.7 cm³/mol. The average molecular weight is 242 g/mol. The number of carbonyl (C=O) groups is 2. The molecule has 1 heterocycles. The van der Waals surface area contributed by atoms with E-state index in [0.29, 0.717) is 4.42 Å². The van der Waals surface area contributed by atoms with E-state index in [1.54, 1.807) is 0 Å². The fraction of sp³-hybridized carbons (Fsp3) is 0.667. The van der Waals surface area contributed by atoms with Gasteiger partial charge in [-0.25, -0.2) is 0 Å². The molecule has 6 nitrogen and oxygen atoms in total. The Morgan fingerprint density at radius 3 is 2.50 bits per heavy atom. The van der Waals surface area contributed by atoms with Gasteiger partial charge in [-0.05, 0) is 6.92 Å². The van der Waals surface area contributed by atoms with Crippen LogP contribution in [0.4, 0.5) is 0 Å². The minimum absolute atomic E-state index is 0.257. The van der Waals surface area contributed by atoms with Crippen molar-refractivity contribution in [3.8, 4) is 0 Å². The molecule has 0 aromatic heterocycles. The first-order chi connectivity index (χ1) is 6.37. The number of halogens is 1. The Kier molecular flexibility index (Phi) is 3.13. The zero-order chi connectivity index (χ0) is 10.9. The highest BCUT2D eigenvalue weighted by atomic mass is 35.5. The van der Waals surface area contributed by atoms with Crippen LogP contribution in [0.1, 0.15) is 13.3 Å². The van der Waals surface area contributed by atoms with Gasteiger partial charge in [-0.1, -0.05) is 0 Å². The molecule has 1 fully saturated rings. The molecule has 80 valence electrons. The van der Waals surface area contributed by atoms with Crippen LogP contribution >= 0.6 is 11.8 Å². The van der Waals surface area contributed by atoms with Crippen LogP contribution in [0, 0.1) is 0 Å². The summed E-state index contributed by atoms with van der Waals surface area (Å²) in [5.74, 6) is -1.76. The lowest BCUT2D eigenvalue weighted by Gasteiger charge is -2.07. The Balaban J connectivity index is 2.74. The van der Waals surface area contributed by atoms with E-state index in [4.69, 9.17) is 11.8 Å². The average Bonchev–Trinajstić information content (AvgIpc) is 2.33. The van der Waals surface area contributed by atoms with Crippen LogP contribution in [0.2, 0.25) is 0 Å². The largest absolute Gasteiger partial charge is 0.275 e. The van der Waals surface area contributed by atoms with Crippen molar-refractivity contribution >= 4 is 33.7 Å². The zero-order valence-electron chi connectivity index (χ0n) is 7.27. The van der Waals surface area contributed by atoms with E-state index < -0.39 is 28.0 Å². The monoisotopic (exact) mass is 241 g/mol. The van der Waals surface area contributed by atoms with Crippen molar-refractivity contribution < 1.29 is 22.2 Å². The highest BCUT2D eigenvalue weighted by molar-refractivity contribution is 7.86. The number of amides is 2.